The molecule has 0 aliphatic carbocycles. The van der Waals surface area contributed by atoms with Crippen molar-refractivity contribution < 1.29 is 9.63 Å². The molecular weight excluding hydrogens is 308 g/mol. The number of hydrogen-bond donors (Lipinski definition) is 2. The van der Waals surface area contributed by atoms with Crippen LogP contribution in [0.25, 0.3) is 5.70 Å². The molecule has 1 atom stereocenters. The molecule has 2 aromatic rings. The largest absolute Gasteiger partial charge is 0.348 e. The number of amides is 1. The Bertz CT molecular complexity index is 669. The van der Waals surface area contributed by atoms with E-state index in [4.69, 9.17) is 16.4 Å². The minimum absolute atomic E-state index is 0.142. The first-order valence-electron chi connectivity index (χ1n) is 6.45. The van der Waals surface area contributed by atoms with Gasteiger partial charge in [0.2, 0.25) is 0 Å². The van der Waals surface area contributed by atoms with Crippen molar-refractivity contribution in [3.8, 4) is 0 Å². The van der Waals surface area contributed by atoms with Crippen molar-refractivity contribution in [3.05, 3.63) is 63.3 Å². The van der Waals surface area contributed by atoms with E-state index in [9.17, 15) is 4.79 Å². The Kier molecular flexibility index (Phi) is 4.24. The maximum absolute atomic E-state index is 11.9. The Morgan fingerprint density at radius 2 is 2.10 bits per heavy atom. The summed E-state index contributed by atoms with van der Waals surface area (Å²) < 4.78 is 0.602. The van der Waals surface area contributed by atoms with E-state index < -0.39 is 0 Å². The minimum atomic E-state index is -0.195. The van der Waals surface area contributed by atoms with E-state index >= 15 is 0 Å². The Balaban J connectivity index is 1.57. The van der Waals surface area contributed by atoms with Crippen molar-refractivity contribution in [2.24, 2.45) is 0 Å². The summed E-state index contributed by atoms with van der Waals surface area (Å²) in [5.74, 6) is -0.142. The molecule has 2 N–H and O–H groups in total. The summed E-state index contributed by atoms with van der Waals surface area (Å²) in [5, 5.41) is 2.83. The lowest BCUT2D eigenvalue weighted by atomic mass is 10.1. The molecule has 1 unspecified atom stereocenters. The van der Waals surface area contributed by atoms with Crippen LogP contribution in [0.2, 0.25) is 4.34 Å². The molecule has 2 heterocycles. The predicted molar refractivity (Wildman–Crippen MR) is 84.1 cm³/mol. The van der Waals surface area contributed by atoms with E-state index in [2.05, 4.69) is 10.8 Å². The molecule has 1 aromatic heterocycles. The molecule has 0 bridgehead atoms. The molecule has 0 saturated carbocycles. The molecule has 1 aromatic carbocycles. The summed E-state index contributed by atoms with van der Waals surface area (Å²) in [6.45, 7) is 0.400. The molecule has 1 aliphatic heterocycles. The monoisotopic (exact) mass is 320 g/mol. The molecule has 1 aliphatic rings. The first-order valence-corrected chi connectivity index (χ1v) is 7.64. The maximum Gasteiger partial charge on any atom is 0.261 e. The Labute approximate surface area is 131 Å². The summed E-state index contributed by atoms with van der Waals surface area (Å²) in [5.41, 5.74) is 4.85. The van der Waals surface area contributed by atoms with E-state index in [0.717, 1.165) is 11.3 Å². The predicted octanol–water partition coefficient (Wildman–Crippen LogP) is 3.08. The van der Waals surface area contributed by atoms with Gasteiger partial charge in [-0.3, -0.25) is 15.1 Å². The molecule has 4 nitrogen and oxygen atoms in total. The maximum atomic E-state index is 11.9. The molecule has 108 valence electrons. The van der Waals surface area contributed by atoms with Crippen LogP contribution in [-0.4, -0.2) is 18.6 Å². The van der Waals surface area contributed by atoms with Crippen molar-refractivity contribution in [2.45, 2.75) is 6.10 Å². The zero-order chi connectivity index (χ0) is 14.7. The number of hydroxylamine groups is 1. The molecule has 0 saturated heterocycles. The van der Waals surface area contributed by atoms with Gasteiger partial charge in [0, 0.05) is 0 Å². The second-order valence-corrected chi connectivity index (χ2v) is 6.23. The lowest BCUT2D eigenvalue weighted by Gasteiger charge is -2.08. The van der Waals surface area contributed by atoms with E-state index in [1.165, 1.54) is 11.3 Å². The van der Waals surface area contributed by atoms with Crippen molar-refractivity contribution in [3.63, 3.8) is 0 Å². The van der Waals surface area contributed by atoms with Gasteiger partial charge in [-0.05, 0) is 23.8 Å². The standard InChI is InChI=1S/C15H13ClN2O2S/c16-14-7-6-13(21-14)15(19)17-9-11-8-12(18-20-11)10-4-2-1-3-5-10/h1-8,11,18H,9H2,(H,17,19). The highest BCUT2D eigenvalue weighted by Gasteiger charge is 2.18. The number of benzene rings is 1. The SMILES string of the molecule is O=C(NCC1C=C(c2ccccc2)NO1)c1ccc(Cl)s1. The third-order valence-corrected chi connectivity index (χ3v) is 4.25. The minimum Gasteiger partial charge on any atom is -0.348 e. The van der Waals surface area contributed by atoms with Crippen LogP contribution < -0.4 is 10.8 Å². The van der Waals surface area contributed by atoms with Gasteiger partial charge in [0.15, 0.2) is 0 Å². The fourth-order valence-corrected chi connectivity index (χ4v) is 2.94. The molecular formula is C15H13ClN2O2S. The molecule has 6 heteroatoms. The zero-order valence-corrected chi connectivity index (χ0v) is 12.6. The van der Waals surface area contributed by atoms with Crippen molar-refractivity contribution in [1.82, 2.24) is 10.8 Å². The van der Waals surface area contributed by atoms with Crippen LogP contribution in [0.5, 0.6) is 0 Å². The summed E-state index contributed by atoms with van der Waals surface area (Å²) in [6, 6.07) is 13.3. The van der Waals surface area contributed by atoms with Crippen LogP contribution in [0.4, 0.5) is 0 Å². The lowest BCUT2D eigenvalue weighted by Crippen LogP contribution is -2.31. The molecule has 0 spiro atoms. The fourth-order valence-electron chi connectivity index (χ4n) is 1.98. The van der Waals surface area contributed by atoms with Gasteiger partial charge in [-0.25, -0.2) is 0 Å². The van der Waals surface area contributed by atoms with Crippen molar-refractivity contribution >= 4 is 34.5 Å². The van der Waals surface area contributed by atoms with Gasteiger partial charge < -0.3 is 5.32 Å². The Morgan fingerprint density at radius 3 is 2.81 bits per heavy atom. The van der Waals surface area contributed by atoms with Crippen LogP contribution in [0.15, 0.2) is 48.5 Å². The van der Waals surface area contributed by atoms with Crippen molar-refractivity contribution in [2.75, 3.05) is 6.54 Å². The first-order chi connectivity index (χ1) is 10.2. The van der Waals surface area contributed by atoms with E-state index in [1.54, 1.807) is 12.1 Å². The van der Waals surface area contributed by atoms with Crippen LogP contribution in [-0.2, 0) is 4.84 Å². The number of thiophene rings is 1. The summed E-state index contributed by atoms with van der Waals surface area (Å²) >= 11 is 7.07. The summed E-state index contributed by atoms with van der Waals surface area (Å²) in [4.78, 5) is 17.9. The van der Waals surface area contributed by atoms with Gasteiger partial charge in [-0.15, -0.1) is 11.3 Å². The Hall–Kier alpha value is -1.82. The second-order valence-electron chi connectivity index (χ2n) is 4.52. The molecule has 21 heavy (non-hydrogen) atoms. The Morgan fingerprint density at radius 1 is 1.29 bits per heavy atom. The van der Waals surface area contributed by atoms with Crippen LogP contribution in [0, 0.1) is 0 Å². The highest BCUT2D eigenvalue weighted by atomic mass is 35.5. The second kappa shape index (κ2) is 6.30. The van der Waals surface area contributed by atoms with E-state index in [1.807, 2.05) is 36.4 Å². The zero-order valence-electron chi connectivity index (χ0n) is 11.0. The number of carbonyl (C=O) groups excluding carboxylic acids is 1. The molecule has 0 fully saturated rings. The fraction of sp³-hybridized carbons (Fsp3) is 0.133. The lowest BCUT2D eigenvalue weighted by molar-refractivity contribution is 0.0499. The van der Waals surface area contributed by atoms with Gasteiger partial charge in [0.1, 0.15) is 6.10 Å². The van der Waals surface area contributed by atoms with Crippen LogP contribution in [0.1, 0.15) is 15.2 Å². The normalized spacial score (nSPS) is 17.2. The average Bonchev–Trinajstić information content (AvgIpc) is 3.15. The van der Waals surface area contributed by atoms with Crippen LogP contribution in [0.3, 0.4) is 0 Å². The molecule has 3 rings (SSSR count). The third-order valence-electron chi connectivity index (χ3n) is 3.02. The first kappa shape index (κ1) is 14.1. The topological polar surface area (TPSA) is 50.4 Å². The van der Waals surface area contributed by atoms with Gasteiger partial charge in [0.25, 0.3) is 5.91 Å². The van der Waals surface area contributed by atoms with Gasteiger partial charge in [-0.1, -0.05) is 41.9 Å². The van der Waals surface area contributed by atoms with Crippen molar-refractivity contribution in [1.29, 1.82) is 0 Å². The number of halogens is 1. The highest BCUT2D eigenvalue weighted by Crippen LogP contribution is 2.21. The number of rotatable bonds is 4. The summed E-state index contributed by atoms with van der Waals surface area (Å²) in [7, 11) is 0. The molecule has 1 amide bonds. The van der Waals surface area contributed by atoms with Crippen LogP contribution >= 0.6 is 22.9 Å². The quantitative estimate of drug-likeness (QED) is 0.910. The molecule has 0 radical (unpaired) electrons. The number of hydrogen-bond acceptors (Lipinski definition) is 4. The van der Waals surface area contributed by atoms with Gasteiger partial charge >= 0.3 is 0 Å². The van der Waals surface area contributed by atoms with E-state index in [0.29, 0.717) is 15.8 Å². The van der Waals surface area contributed by atoms with Gasteiger partial charge in [-0.2, -0.15) is 0 Å². The average molecular weight is 321 g/mol. The van der Waals surface area contributed by atoms with E-state index in [-0.39, 0.29) is 12.0 Å². The third kappa shape index (κ3) is 3.44. The van der Waals surface area contributed by atoms with Gasteiger partial charge in [0.05, 0.1) is 21.5 Å². The highest BCUT2D eigenvalue weighted by molar-refractivity contribution is 7.17. The smallest absolute Gasteiger partial charge is 0.261 e. The summed E-state index contributed by atoms with van der Waals surface area (Å²) in [6.07, 6.45) is 1.76. The number of carbonyl (C=O) groups is 1. The number of nitrogens with one attached hydrogen (secondary N) is 2.